The largest absolute Gasteiger partial charge is 0.454 e. The molecule has 4 rings (SSSR count). The van der Waals surface area contributed by atoms with E-state index in [1.807, 2.05) is 4.90 Å². The minimum Gasteiger partial charge on any atom is -0.454 e. The molecule has 0 bridgehead atoms. The van der Waals surface area contributed by atoms with Crippen LogP contribution in [0.2, 0.25) is 0 Å². The highest BCUT2D eigenvalue weighted by molar-refractivity contribution is 5.93. The molecule has 2 aliphatic heterocycles. The van der Waals surface area contributed by atoms with E-state index < -0.39 is 0 Å². The lowest BCUT2D eigenvalue weighted by Crippen LogP contribution is -2.41. The molecule has 0 unspecified atom stereocenters. The van der Waals surface area contributed by atoms with Crippen LogP contribution in [-0.4, -0.2) is 36.0 Å². The Kier molecular flexibility index (Phi) is 4.01. The molecule has 3 heterocycles. The zero-order valence-corrected chi connectivity index (χ0v) is 13.5. The van der Waals surface area contributed by atoms with Crippen LogP contribution in [0.3, 0.4) is 0 Å². The van der Waals surface area contributed by atoms with Crippen LogP contribution in [0.4, 0.5) is 11.4 Å². The van der Waals surface area contributed by atoms with Crippen LogP contribution in [0.5, 0.6) is 11.5 Å². The SMILES string of the molecule is O=C(Nc1ccc2c(c1)OCO2)[C@@H]1CCCN(c2cn[nH]c(=O)c2)C1. The fraction of sp³-hybridized carbons (Fsp3) is 0.353. The number of benzene rings is 1. The number of amides is 1. The molecule has 2 aromatic rings. The molecule has 8 heteroatoms. The lowest BCUT2D eigenvalue weighted by atomic mass is 9.96. The third kappa shape index (κ3) is 3.28. The molecule has 2 aliphatic rings. The third-order valence-electron chi connectivity index (χ3n) is 4.45. The van der Waals surface area contributed by atoms with Crippen molar-refractivity contribution < 1.29 is 14.3 Å². The standard InChI is InChI=1S/C17H18N4O4/c22-16-7-13(8-18-20-16)21-5-1-2-11(9-21)17(23)19-12-3-4-14-15(6-12)25-10-24-14/h3-4,6-8,11H,1-2,5,9-10H2,(H,19,23)(H,20,22)/t11-/m1/s1. The molecule has 1 aromatic heterocycles. The van der Waals surface area contributed by atoms with Gasteiger partial charge in [-0.2, -0.15) is 5.10 Å². The lowest BCUT2D eigenvalue weighted by Gasteiger charge is -2.33. The summed E-state index contributed by atoms with van der Waals surface area (Å²) >= 11 is 0. The molecule has 1 fully saturated rings. The monoisotopic (exact) mass is 342 g/mol. The molecule has 1 amide bonds. The van der Waals surface area contributed by atoms with Crippen LogP contribution in [0.15, 0.2) is 35.3 Å². The van der Waals surface area contributed by atoms with Gasteiger partial charge in [0, 0.05) is 30.9 Å². The summed E-state index contributed by atoms with van der Waals surface area (Å²) in [5.41, 5.74) is 1.18. The Bertz CT molecular complexity index is 851. The molecule has 0 radical (unpaired) electrons. The second kappa shape index (κ2) is 6.46. The second-order valence-corrected chi connectivity index (χ2v) is 6.15. The number of nitrogens with zero attached hydrogens (tertiary/aromatic N) is 2. The van der Waals surface area contributed by atoms with E-state index in [-0.39, 0.29) is 24.2 Å². The van der Waals surface area contributed by atoms with Gasteiger partial charge in [0.1, 0.15) is 0 Å². The summed E-state index contributed by atoms with van der Waals surface area (Å²) in [5, 5.41) is 9.13. The van der Waals surface area contributed by atoms with Crippen molar-refractivity contribution >= 4 is 17.3 Å². The lowest BCUT2D eigenvalue weighted by molar-refractivity contribution is -0.120. The van der Waals surface area contributed by atoms with Crippen LogP contribution < -0.4 is 25.2 Å². The highest BCUT2D eigenvalue weighted by Gasteiger charge is 2.26. The van der Waals surface area contributed by atoms with Gasteiger partial charge in [-0.05, 0) is 25.0 Å². The van der Waals surface area contributed by atoms with Crippen molar-refractivity contribution in [3.63, 3.8) is 0 Å². The number of hydrogen-bond acceptors (Lipinski definition) is 6. The molecule has 0 aliphatic carbocycles. The summed E-state index contributed by atoms with van der Waals surface area (Å²) in [5.74, 6) is 1.13. The molecule has 130 valence electrons. The number of hydrogen-bond donors (Lipinski definition) is 2. The van der Waals surface area contributed by atoms with Crippen LogP contribution >= 0.6 is 0 Å². The first kappa shape index (κ1) is 15.5. The second-order valence-electron chi connectivity index (χ2n) is 6.15. The molecule has 2 N–H and O–H groups in total. The van der Waals surface area contributed by atoms with E-state index >= 15 is 0 Å². The zero-order valence-electron chi connectivity index (χ0n) is 13.5. The first-order valence-corrected chi connectivity index (χ1v) is 8.19. The van der Waals surface area contributed by atoms with Crippen molar-refractivity contribution in [1.29, 1.82) is 0 Å². The Morgan fingerprint density at radius 1 is 1.28 bits per heavy atom. The van der Waals surface area contributed by atoms with Crippen molar-refractivity contribution in [2.75, 3.05) is 30.1 Å². The number of carbonyl (C=O) groups is 1. The number of ether oxygens (including phenoxy) is 2. The van der Waals surface area contributed by atoms with E-state index in [2.05, 4.69) is 15.5 Å². The van der Waals surface area contributed by atoms with E-state index in [1.54, 1.807) is 24.4 Å². The molecule has 1 aromatic carbocycles. The predicted octanol–water partition coefficient (Wildman–Crippen LogP) is 1.35. The van der Waals surface area contributed by atoms with Crippen molar-refractivity contribution in [2.24, 2.45) is 5.92 Å². The highest BCUT2D eigenvalue weighted by atomic mass is 16.7. The Hall–Kier alpha value is -3.03. The first-order chi connectivity index (χ1) is 12.2. The molecule has 8 nitrogen and oxygen atoms in total. The molecule has 1 saturated heterocycles. The number of nitrogens with one attached hydrogen (secondary N) is 2. The van der Waals surface area contributed by atoms with Crippen LogP contribution in [-0.2, 0) is 4.79 Å². The minimum absolute atomic E-state index is 0.0404. The van der Waals surface area contributed by atoms with Gasteiger partial charge in [-0.25, -0.2) is 5.10 Å². The number of fused-ring (bicyclic) bond motifs is 1. The van der Waals surface area contributed by atoms with Gasteiger partial charge in [0.15, 0.2) is 11.5 Å². The topological polar surface area (TPSA) is 96.6 Å². The number of rotatable bonds is 3. The van der Waals surface area contributed by atoms with E-state index in [9.17, 15) is 9.59 Å². The van der Waals surface area contributed by atoms with E-state index in [4.69, 9.17) is 9.47 Å². The van der Waals surface area contributed by atoms with Crippen molar-refractivity contribution in [3.05, 3.63) is 40.8 Å². The molecule has 25 heavy (non-hydrogen) atoms. The Labute approximate surface area is 143 Å². The average molecular weight is 342 g/mol. The van der Waals surface area contributed by atoms with Crippen molar-refractivity contribution in [2.45, 2.75) is 12.8 Å². The summed E-state index contributed by atoms with van der Waals surface area (Å²) in [7, 11) is 0. The van der Waals surface area contributed by atoms with Crippen LogP contribution in [0.25, 0.3) is 0 Å². The molecular weight excluding hydrogens is 324 g/mol. The predicted molar refractivity (Wildman–Crippen MR) is 91.0 cm³/mol. The van der Waals surface area contributed by atoms with Gasteiger partial charge in [-0.3, -0.25) is 9.59 Å². The average Bonchev–Trinajstić information content (AvgIpc) is 3.09. The fourth-order valence-corrected chi connectivity index (χ4v) is 3.18. The smallest absolute Gasteiger partial charge is 0.266 e. The first-order valence-electron chi connectivity index (χ1n) is 8.19. The summed E-state index contributed by atoms with van der Waals surface area (Å²) in [6.45, 7) is 1.56. The van der Waals surface area contributed by atoms with Gasteiger partial charge < -0.3 is 19.7 Å². The number of carbonyl (C=O) groups excluding carboxylic acids is 1. The maximum atomic E-state index is 12.6. The Morgan fingerprint density at radius 2 is 2.16 bits per heavy atom. The Morgan fingerprint density at radius 3 is 3.04 bits per heavy atom. The number of anilines is 2. The fourth-order valence-electron chi connectivity index (χ4n) is 3.18. The molecule has 1 atom stereocenters. The van der Waals surface area contributed by atoms with E-state index in [1.165, 1.54) is 6.07 Å². The summed E-state index contributed by atoms with van der Waals surface area (Å²) in [6, 6.07) is 6.85. The van der Waals surface area contributed by atoms with Gasteiger partial charge in [0.25, 0.3) is 5.56 Å². The van der Waals surface area contributed by atoms with Gasteiger partial charge in [0.2, 0.25) is 12.7 Å². The zero-order chi connectivity index (χ0) is 17.2. The van der Waals surface area contributed by atoms with Gasteiger partial charge >= 0.3 is 0 Å². The van der Waals surface area contributed by atoms with Gasteiger partial charge in [0.05, 0.1) is 17.8 Å². The van der Waals surface area contributed by atoms with Crippen LogP contribution in [0.1, 0.15) is 12.8 Å². The number of H-pyrrole nitrogens is 1. The summed E-state index contributed by atoms with van der Waals surface area (Å²) in [6.07, 6.45) is 3.30. The third-order valence-corrected chi connectivity index (χ3v) is 4.45. The molecule has 0 spiro atoms. The number of aromatic nitrogens is 2. The number of piperidine rings is 1. The molecular formula is C17H18N4O4. The Balaban J connectivity index is 1.44. The van der Waals surface area contributed by atoms with E-state index in [0.29, 0.717) is 23.7 Å². The maximum absolute atomic E-state index is 12.6. The highest BCUT2D eigenvalue weighted by Crippen LogP contribution is 2.34. The van der Waals surface area contributed by atoms with Gasteiger partial charge in [-0.15, -0.1) is 0 Å². The van der Waals surface area contributed by atoms with Gasteiger partial charge in [-0.1, -0.05) is 0 Å². The maximum Gasteiger partial charge on any atom is 0.266 e. The number of aromatic amines is 1. The quantitative estimate of drug-likeness (QED) is 0.874. The van der Waals surface area contributed by atoms with Crippen molar-refractivity contribution in [1.82, 2.24) is 10.2 Å². The van der Waals surface area contributed by atoms with Crippen molar-refractivity contribution in [3.8, 4) is 11.5 Å². The summed E-state index contributed by atoms with van der Waals surface area (Å²) < 4.78 is 10.6. The minimum atomic E-state index is -0.246. The van der Waals surface area contributed by atoms with Crippen LogP contribution in [0, 0.1) is 5.92 Å². The normalized spacial score (nSPS) is 18.9. The molecule has 0 saturated carbocycles. The summed E-state index contributed by atoms with van der Waals surface area (Å²) in [4.78, 5) is 26.1. The van der Waals surface area contributed by atoms with E-state index in [0.717, 1.165) is 25.1 Å².